The first-order valence-corrected chi connectivity index (χ1v) is 6.18. The maximum atomic E-state index is 10.4. The Hall–Kier alpha value is -1.94. The van der Waals surface area contributed by atoms with Gasteiger partial charge in [-0.3, -0.25) is 0 Å². The van der Waals surface area contributed by atoms with Gasteiger partial charge in [0.15, 0.2) is 6.10 Å². The number of ether oxygens (including phenoxy) is 2. The third kappa shape index (κ3) is 3.58. The summed E-state index contributed by atoms with van der Waals surface area (Å²) in [6.45, 7) is -0.642. The molecular formula is C12H15NO8. The summed E-state index contributed by atoms with van der Waals surface area (Å²) in [5.74, 6) is 0.374. The van der Waals surface area contributed by atoms with E-state index in [0.29, 0.717) is 5.75 Å². The van der Waals surface area contributed by atoms with E-state index in [1.807, 2.05) is 0 Å². The third-order valence-electron chi connectivity index (χ3n) is 3.02. The molecule has 1 heterocycles. The van der Waals surface area contributed by atoms with Crippen LogP contribution in [0.5, 0.6) is 5.75 Å². The molecule has 21 heavy (non-hydrogen) atoms. The van der Waals surface area contributed by atoms with E-state index >= 15 is 0 Å². The Morgan fingerprint density at radius 1 is 1.24 bits per heavy atom. The van der Waals surface area contributed by atoms with Crippen LogP contribution < -0.4 is 4.74 Å². The van der Waals surface area contributed by atoms with Crippen molar-refractivity contribution in [3.05, 3.63) is 40.4 Å². The molecule has 0 aliphatic carbocycles. The standard InChI is InChI=1S/C12H15NO8/c14-6-8-11(21-13(17)18)9(15)10(16)12(20-8)19-7-4-2-1-3-5-7/h1-5,8-12,14-16H,6H2/t8-,9-,10-,11-,12+/m1/s1. The Labute approximate surface area is 119 Å². The molecule has 1 saturated heterocycles. The lowest BCUT2D eigenvalue weighted by Crippen LogP contribution is -2.61. The van der Waals surface area contributed by atoms with Crippen molar-refractivity contribution in [2.24, 2.45) is 0 Å². The highest BCUT2D eigenvalue weighted by Crippen LogP contribution is 2.25. The van der Waals surface area contributed by atoms with Crippen molar-refractivity contribution in [1.29, 1.82) is 0 Å². The molecule has 1 aliphatic heterocycles. The van der Waals surface area contributed by atoms with Gasteiger partial charge in [-0.15, -0.1) is 10.1 Å². The fraction of sp³-hybridized carbons (Fsp3) is 0.500. The largest absolute Gasteiger partial charge is 0.462 e. The first-order chi connectivity index (χ1) is 10.0. The molecule has 9 nitrogen and oxygen atoms in total. The number of aliphatic hydroxyl groups is 3. The van der Waals surface area contributed by atoms with Crippen molar-refractivity contribution in [2.45, 2.75) is 30.7 Å². The van der Waals surface area contributed by atoms with Gasteiger partial charge in [-0.1, -0.05) is 18.2 Å². The topological polar surface area (TPSA) is 132 Å². The number of hydrogen-bond donors (Lipinski definition) is 3. The summed E-state index contributed by atoms with van der Waals surface area (Å²) in [4.78, 5) is 14.6. The van der Waals surface area contributed by atoms with E-state index in [1.54, 1.807) is 30.3 Å². The Kier molecular flexibility index (Phi) is 4.91. The van der Waals surface area contributed by atoms with E-state index in [-0.39, 0.29) is 0 Å². The van der Waals surface area contributed by atoms with E-state index in [1.165, 1.54) is 0 Å². The van der Waals surface area contributed by atoms with Crippen LogP contribution >= 0.6 is 0 Å². The van der Waals surface area contributed by atoms with Crippen LogP contribution in [0.15, 0.2) is 30.3 Å². The van der Waals surface area contributed by atoms with Gasteiger partial charge in [0.2, 0.25) is 6.29 Å². The summed E-state index contributed by atoms with van der Waals surface area (Å²) < 4.78 is 10.6. The quantitative estimate of drug-likeness (QED) is 0.470. The normalized spacial score (nSPS) is 32.4. The van der Waals surface area contributed by atoms with Crippen LogP contribution in [0.2, 0.25) is 0 Å². The Morgan fingerprint density at radius 3 is 2.48 bits per heavy atom. The smallest absolute Gasteiger partial charge is 0.294 e. The van der Waals surface area contributed by atoms with E-state index in [4.69, 9.17) is 9.47 Å². The second kappa shape index (κ2) is 6.68. The molecule has 0 amide bonds. The minimum absolute atomic E-state index is 0.374. The second-order valence-corrected chi connectivity index (χ2v) is 4.43. The molecule has 9 heteroatoms. The highest BCUT2D eigenvalue weighted by molar-refractivity contribution is 5.21. The number of aliphatic hydroxyl groups excluding tert-OH is 3. The summed E-state index contributed by atoms with van der Waals surface area (Å²) in [5, 5.41) is 38.2. The van der Waals surface area contributed by atoms with Gasteiger partial charge in [-0.05, 0) is 12.1 Å². The van der Waals surface area contributed by atoms with E-state index in [0.717, 1.165) is 0 Å². The van der Waals surface area contributed by atoms with Gasteiger partial charge in [0.1, 0.15) is 24.1 Å². The van der Waals surface area contributed by atoms with Gasteiger partial charge in [-0.2, -0.15) is 0 Å². The minimum atomic E-state index is -1.64. The zero-order valence-corrected chi connectivity index (χ0v) is 10.8. The first-order valence-electron chi connectivity index (χ1n) is 6.18. The molecule has 5 atom stereocenters. The SMILES string of the molecule is O=[N+]([O-])O[C@H]1[C@H](O)[C@@H](O)[C@@H](Oc2ccccc2)O[C@@H]1CO. The van der Waals surface area contributed by atoms with Crippen LogP contribution in [-0.2, 0) is 9.57 Å². The van der Waals surface area contributed by atoms with Crippen molar-refractivity contribution in [3.63, 3.8) is 0 Å². The van der Waals surface area contributed by atoms with Gasteiger partial charge < -0.3 is 29.6 Å². The first kappa shape index (κ1) is 15.4. The summed E-state index contributed by atoms with van der Waals surface area (Å²) in [6, 6.07) is 8.37. The van der Waals surface area contributed by atoms with Gasteiger partial charge in [0, 0.05) is 0 Å². The van der Waals surface area contributed by atoms with Crippen molar-refractivity contribution in [2.75, 3.05) is 6.61 Å². The average molecular weight is 301 g/mol. The Bertz CT molecular complexity index is 468. The minimum Gasteiger partial charge on any atom is -0.462 e. The van der Waals surface area contributed by atoms with E-state index in [2.05, 4.69) is 4.84 Å². The summed E-state index contributed by atoms with van der Waals surface area (Å²) >= 11 is 0. The molecule has 1 aliphatic rings. The zero-order valence-electron chi connectivity index (χ0n) is 10.8. The number of para-hydroxylation sites is 1. The predicted octanol–water partition coefficient (Wildman–Crippen LogP) is -0.919. The molecule has 116 valence electrons. The summed E-state index contributed by atoms with van der Waals surface area (Å²) in [5.41, 5.74) is 0. The molecule has 3 N–H and O–H groups in total. The molecule has 1 fully saturated rings. The summed E-state index contributed by atoms with van der Waals surface area (Å²) in [6.07, 6.45) is -7.21. The van der Waals surface area contributed by atoms with Crippen LogP contribution in [0.1, 0.15) is 0 Å². The lowest BCUT2D eigenvalue weighted by atomic mass is 9.99. The lowest BCUT2D eigenvalue weighted by molar-refractivity contribution is -0.774. The Morgan fingerprint density at radius 2 is 1.90 bits per heavy atom. The Balaban J connectivity index is 2.10. The number of rotatable bonds is 5. The van der Waals surface area contributed by atoms with Gasteiger partial charge in [0.25, 0.3) is 5.09 Å². The molecule has 0 spiro atoms. The fourth-order valence-electron chi connectivity index (χ4n) is 2.01. The monoisotopic (exact) mass is 301 g/mol. The van der Waals surface area contributed by atoms with Crippen LogP contribution in [0.4, 0.5) is 0 Å². The van der Waals surface area contributed by atoms with E-state index in [9.17, 15) is 25.4 Å². The van der Waals surface area contributed by atoms with Crippen molar-refractivity contribution in [1.82, 2.24) is 0 Å². The van der Waals surface area contributed by atoms with Crippen LogP contribution in [0, 0.1) is 10.1 Å². The average Bonchev–Trinajstić information content (AvgIpc) is 2.47. The van der Waals surface area contributed by atoms with Crippen molar-refractivity contribution in [3.8, 4) is 5.75 Å². The van der Waals surface area contributed by atoms with Crippen LogP contribution in [-0.4, -0.2) is 57.7 Å². The van der Waals surface area contributed by atoms with Crippen LogP contribution in [0.3, 0.4) is 0 Å². The predicted molar refractivity (Wildman–Crippen MR) is 66.7 cm³/mol. The number of benzene rings is 1. The van der Waals surface area contributed by atoms with Gasteiger partial charge in [-0.25, -0.2) is 0 Å². The molecule has 0 radical (unpaired) electrons. The van der Waals surface area contributed by atoms with E-state index < -0.39 is 42.4 Å². The molecule has 0 saturated carbocycles. The molecular weight excluding hydrogens is 286 g/mol. The molecule has 0 aromatic heterocycles. The highest BCUT2D eigenvalue weighted by atomic mass is 17.0. The van der Waals surface area contributed by atoms with Crippen LogP contribution in [0.25, 0.3) is 0 Å². The maximum absolute atomic E-state index is 10.4. The maximum Gasteiger partial charge on any atom is 0.294 e. The molecule has 0 bridgehead atoms. The van der Waals surface area contributed by atoms with Crippen molar-refractivity contribution >= 4 is 0 Å². The second-order valence-electron chi connectivity index (χ2n) is 4.43. The summed E-state index contributed by atoms with van der Waals surface area (Å²) in [7, 11) is 0. The van der Waals surface area contributed by atoms with Gasteiger partial charge in [0.05, 0.1) is 6.61 Å². The molecule has 2 rings (SSSR count). The van der Waals surface area contributed by atoms with Gasteiger partial charge >= 0.3 is 0 Å². The number of nitrogens with zero attached hydrogens (tertiary/aromatic N) is 1. The molecule has 1 aromatic carbocycles. The number of hydrogen-bond acceptors (Lipinski definition) is 8. The third-order valence-corrected chi connectivity index (χ3v) is 3.02. The lowest BCUT2D eigenvalue weighted by Gasteiger charge is -2.40. The van der Waals surface area contributed by atoms with Crippen molar-refractivity contribution < 1.29 is 34.7 Å². The zero-order chi connectivity index (χ0) is 15.4. The highest BCUT2D eigenvalue weighted by Gasteiger charge is 2.47. The molecule has 1 aromatic rings. The molecule has 0 unspecified atom stereocenters. The fourth-order valence-corrected chi connectivity index (χ4v) is 2.01.